The second kappa shape index (κ2) is 17.3. The molecule has 0 amide bonds. The van der Waals surface area contributed by atoms with E-state index in [1.54, 1.807) is 0 Å². The maximum atomic E-state index is 10.8. The van der Waals surface area contributed by atoms with E-state index in [9.17, 15) is 8.42 Å². The van der Waals surface area contributed by atoms with Gasteiger partial charge >= 0.3 is 51.4 Å². The minimum Gasteiger partial charge on any atom is -1.00 e. The molecule has 0 saturated heterocycles. The fourth-order valence-electron chi connectivity index (χ4n) is 2.51. The van der Waals surface area contributed by atoms with Gasteiger partial charge in [-0.05, 0) is 19.8 Å². The quantitative estimate of drug-likeness (QED) is 0.274. The fraction of sp³-hybridized carbons (Fsp3) is 1.00. The molecule has 22 heavy (non-hydrogen) atoms. The summed E-state index contributed by atoms with van der Waals surface area (Å²) in [5, 5.41) is 0. The maximum absolute atomic E-state index is 10.8. The van der Waals surface area contributed by atoms with Crippen LogP contribution in [0.25, 0.3) is 0 Å². The van der Waals surface area contributed by atoms with Gasteiger partial charge in [-0.2, -0.15) is 8.42 Å². The Morgan fingerprint density at radius 2 is 1.41 bits per heavy atom. The first-order valence-electron chi connectivity index (χ1n) is 8.56. The van der Waals surface area contributed by atoms with Crippen LogP contribution < -0.4 is 51.4 Å². The van der Waals surface area contributed by atoms with E-state index in [1.165, 1.54) is 51.4 Å². The van der Waals surface area contributed by atoms with E-state index in [1.807, 2.05) is 6.92 Å². The summed E-state index contributed by atoms with van der Waals surface area (Å²) in [5.74, 6) is -0.199. The molecule has 0 aliphatic carbocycles. The minimum atomic E-state index is -3.87. The molecule has 1 atom stereocenters. The average molecular weight is 363 g/mol. The molecule has 0 bridgehead atoms. The van der Waals surface area contributed by atoms with Crippen LogP contribution in [0.1, 0.15) is 85.9 Å². The minimum absolute atomic E-state index is 0. The van der Waals surface area contributed by atoms with Crippen LogP contribution in [0, 0.1) is 0 Å². The predicted molar refractivity (Wildman–Crippen MR) is 89.4 cm³/mol. The van der Waals surface area contributed by atoms with Crippen molar-refractivity contribution in [2.45, 2.75) is 90.6 Å². The smallest absolute Gasteiger partial charge is 1.00 e. The third kappa shape index (κ3) is 19.6. The van der Waals surface area contributed by atoms with Gasteiger partial charge in [0.1, 0.15) is 0 Å². The van der Waals surface area contributed by atoms with Gasteiger partial charge in [-0.15, -0.1) is 0 Å². The molecule has 0 rings (SSSR count). The molecular formula is C16H35KO4S. The molecule has 1 unspecified atom stereocenters. The van der Waals surface area contributed by atoms with Gasteiger partial charge < -0.3 is 6.16 Å². The molecular weight excluding hydrogens is 327 g/mol. The first-order valence-corrected chi connectivity index (χ1v) is 10.2. The van der Waals surface area contributed by atoms with E-state index < -0.39 is 10.1 Å². The molecule has 0 radical (unpaired) electrons. The molecule has 4 nitrogen and oxygen atoms in total. The molecule has 0 aliphatic heterocycles. The van der Waals surface area contributed by atoms with Crippen LogP contribution in [0.2, 0.25) is 0 Å². The summed E-state index contributed by atoms with van der Waals surface area (Å²) < 4.78 is 35.8. The van der Waals surface area contributed by atoms with Gasteiger partial charge in [0.05, 0.1) is 11.9 Å². The Morgan fingerprint density at radius 1 is 0.909 bits per heavy atom. The van der Waals surface area contributed by atoms with Crippen molar-refractivity contribution >= 4 is 10.1 Å². The van der Waals surface area contributed by atoms with Crippen molar-refractivity contribution < 1.29 is 70.5 Å². The standard InChI is InChI=1S/C16H34O4S.K.H/c1-3-5-6-7-8-9-10-11-12-13-16(20-4-2)14-15-21(17,18)19;;/h16H,3-15H2,1-2H3,(H,17,18,19);;/q;+1;-1. The van der Waals surface area contributed by atoms with Crippen LogP contribution in [-0.4, -0.2) is 31.4 Å². The molecule has 0 spiro atoms. The second-order valence-electron chi connectivity index (χ2n) is 5.77. The summed E-state index contributed by atoms with van der Waals surface area (Å²) >= 11 is 0. The van der Waals surface area contributed by atoms with Crippen LogP contribution in [0.5, 0.6) is 0 Å². The Kier molecular flexibility index (Phi) is 20.3. The van der Waals surface area contributed by atoms with Crippen LogP contribution >= 0.6 is 0 Å². The van der Waals surface area contributed by atoms with Crippen LogP contribution in [0.15, 0.2) is 0 Å². The average Bonchev–Trinajstić information content (AvgIpc) is 2.42. The molecule has 1 N–H and O–H groups in total. The van der Waals surface area contributed by atoms with E-state index >= 15 is 0 Å². The Balaban J connectivity index is -0.00000200. The first kappa shape index (κ1) is 25.7. The van der Waals surface area contributed by atoms with Crippen molar-refractivity contribution in [2.75, 3.05) is 12.4 Å². The zero-order valence-electron chi connectivity index (χ0n) is 15.8. The SMILES string of the molecule is CCCCCCCCCCCC(CCS(=O)(=O)O)OCC.[H-].[K+]. The van der Waals surface area contributed by atoms with Crippen LogP contribution in [0.4, 0.5) is 0 Å². The summed E-state index contributed by atoms with van der Waals surface area (Å²) in [6.07, 6.45) is 12.7. The van der Waals surface area contributed by atoms with Crippen molar-refractivity contribution in [3.8, 4) is 0 Å². The summed E-state index contributed by atoms with van der Waals surface area (Å²) in [6.45, 7) is 4.74. The fourth-order valence-corrected chi connectivity index (χ4v) is 3.07. The topological polar surface area (TPSA) is 63.6 Å². The van der Waals surface area contributed by atoms with E-state index in [4.69, 9.17) is 9.29 Å². The molecule has 0 heterocycles. The van der Waals surface area contributed by atoms with Gasteiger partial charge in [-0.3, -0.25) is 4.55 Å². The van der Waals surface area contributed by atoms with Crippen molar-refractivity contribution in [1.82, 2.24) is 0 Å². The predicted octanol–water partition coefficient (Wildman–Crippen LogP) is 1.71. The molecule has 130 valence electrons. The second-order valence-corrected chi connectivity index (χ2v) is 7.34. The van der Waals surface area contributed by atoms with Crippen molar-refractivity contribution in [3.63, 3.8) is 0 Å². The van der Waals surface area contributed by atoms with Gasteiger partial charge in [0, 0.05) is 6.61 Å². The van der Waals surface area contributed by atoms with Gasteiger partial charge in [-0.25, -0.2) is 0 Å². The van der Waals surface area contributed by atoms with Crippen LogP contribution in [-0.2, 0) is 14.9 Å². The third-order valence-electron chi connectivity index (χ3n) is 3.73. The molecule has 0 aromatic rings. The number of rotatable bonds is 15. The maximum Gasteiger partial charge on any atom is 1.00 e. The number of hydrogen-bond donors (Lipinski definition) is 1. The molecule has 0 saturated carbocycles. The summed E-state index contributed by atoms with van der Waals surface area (Å²) in [5.41, 5.74) is 0. The molecule has 0 aliphatic rings. The van der Waals surface area contributed by atoms with Crippen molar-refractivity contribution in [1.29, 1.82) is 0 Å². The molecule has 0 aromatic carbocycles. The Morgan fingerprint density at radius 3 is 1.86 bits per heavy atom. The molecule has 0 aromatic heterocycles. The first-order chi connectivity index (χ1) is 9.99. The van der Waals surface area contributed by atoms with Gasteiger partial charge in [0.2, 0.25) is 0 Å². The number of hydrogen-bond acceptors (Lipinski definition) is 3. The van der Waals surface area contributed by atoms with E-state index in [0.29, 0.717) is 13.0 Å². The van der Waals surface area contributed by atoms with E-state index in [-0.39, 0.29) is 64.7 Å². The molecule has 6 heteroatoms. The largest absolute Gasteiger partial charge is 1.00 e. The number of ether oxygens (including phenoxy) is 1. The van der Waals surface area contributed by atoms with Gasteiger partial charge in [-0.1, -0.05) is 64.7 Å². The summed E-state index contributed by atoms with van der Waals surface area (Å²) in [7, 11) is -3.87. The van der Waals surface area contributed by atoms with Crippen LogP contribution in [0.3, 0.4) is 0 Å². The normalized spacial score (nSPS) is 12.9. The zero-order valence-corrected chi connectivity index (χ0v) is 18.8. The summed E-state index contributed by atoms with van der Waals surface area (Å²) in [6, 6.07) is 0. The Labute approximate surface area is 181 Å². The van der Waals surface area contributed by atoms with E-state index in [2.05, 4.69) is 6.92 Å². The molecule has 0 fully saturated rings. The van der Waals surface area contributed by atoms with E-state index in [0.717, 1.165) is 12.8 Å². The Bertz CT molecular complexity index is 326. The van der Waals surface area contributed by atoms with Gasteiger partial charge in [0.15, 0.2) is 0 Å². The summed E-state index contributed by atoms with van der Waals surface area (Å²) in [4.78, 5) is 0. The Hall–Kier alpha value is 1.51. The zero-order chi connectivity index (χ0) is 16.0. The van der Waals surface area contributed by atoms with Crippen molar-refractivity contribution in [2.24, 2.45) is 0 Å². The monoisotopic (exact) mass is 362 g/mol. The van der Waals surface area contributed by atoms with Crippen molar-refractivity contribution in [3.05, 3.63) is 0 Å². The van der Waals surface area contributed by atoms with Gasteiger partial charge in [0.25, 0.3) is 10.1 Å². The third-order valence-corrected chi connectivity index (χ3v) is 4.48. The number of unbranched alkanes of at least 4 members (excludes halogenated alkanes) is 8.